The third-order valence-corrected chi connectivity index (χ3v) is 2.32. The number of benzene rings is 1. The molecular formula is C11H13Cl2NO. The highest BCUT2D eigenvalue weighted by Crippen LogP contribution is 2.27. The predicted octanol–water partition coefficient (Wildman–Crippen LogP) is 3.56. The number of methoxy groups -OCH3 is 1. The Morgan fingerprint density at radius 2 is 2.20 bits per heavy atom. The second-order valence-corrected chi connectivity index (χ2v) is 3.57. The molecule has 0 aromatic heterocycles. The van der Waals surface area contributed by atoms with Crippen LogP contribution < -0.4 is 10.1 Å². The molecule has 1 aromatic rings. The first-order chi connectivity index (χ1) is 7.27. The fourth-order valence-corrected chi connectivity index (χ4v) is 1.41. The molecule has 0 atom stereocenters. The van der Waals surface area contributed by atoms with Crippen molar-refractivity contribution in [3.63, 3.8) is 0 Å². The minimum Gasteiger partial charge on any atom is -0.495 e. The second-order valence-electron chi connectivity index (χ2n) is 2.86. The minimum atomic E-state index is 0.533. The van der Waals surface area contributed by atoms with Crippen molar-refractivity contribution in [3.8, 4) is 5.75 Å². The monoisotopic (exact) mass is 245 g/mol. The van der Waals surface area contributed by atoms with Crippen molar-refractivity contribution in [2.75, 3.05) is 24.9 Å². The van der Waals surface area contributed by atoms with E-state index in [0.29, 0.717) is 16.7 Å². The molecule has 0 saturated heterocycles. The zero-order valence-electron chi connectivity index (χ0n) is 8.47. The summed E-state index contributed by atoms with van der Waals surface area (Å²) in [4.78, 5) is 0. The number of rotatable bonds is 5. The maximum atomic E-state index is 5.90. The number of halogens is 2. The number of anilines is 1. The Balaban J connectivity index is 2.58. The molecule has 0 unspecified atom stereocenters. The molecule has 0 saturated carbocycles. The predicted molar refractivity (Wildman–Crippen MR) is 66.4 cm³/mol. The van der Waals surface area contributed by atoms with Gasteiger partial charge in [-0.3, -0.25) is 0 Å². The lowest BCUT2D eigenvalue weighted by atomic mass is 10.3. The van der Waals surface area contributed by atoms with Crippen LogP contribution in [0.15, 0.2) is 30.4 Å². The van der Waals surface area contributed by atoms with Gasteiger partial charge in [-0.25, -0.2) is 0 Å². The van der Waals surface area contributed by atoms with Crippen LogP contribution >= 0.6 is 23.2 Å². The Bertz CT molecular complexity index is 339. The SMILES string of the molecule is COc1cc(NC/C=C/CCl)ccc1Cl. The molecule has 0 heterocycles. The molecule has 0 fully saturated rings. The highest BCUT2D eigenvalue weighted by molar-refractivity contribution is 6.32. The van der Waals surface area contributed by atoms with Crippen LogP contribution in [-0.4, -0.2) is 19.5 Å². The summed E-state index contributed by atoms with van der Waals surface area (Å²) in [5, 5.41) is 3.81. The van der Waals surface area contributed by atoms with Crippen LogP contribution in [0.25, 0.3) is 0 Å². The van der Waals surface area contributed by atoms with Crippen molar-refractivity contribution in [2.24, 2.45) is 0 Å². The van der Waals surface area contributed by atoms with Gasteiger partial charge in [-0.2, -0.15) is 0 Å². The van der Waals surface area contributed by atoms with E-state index in [4.69, 9.17) is 27.9 Å². The molecule has 0 bridgehead atoms. The van der Waals surface area contributed by atoms with E-state index >= 15 is 0 Å². The number of nitrogens with one attached hydrogen (secondary N) is 1. The van der Waals surface area contributed by atoms with Gasteiger partial charge >= 0.3 is 0 Å². The number of hydrogen-bond donors (Lipinski definition) is 1. The number of allylic oxidation sites excluding steroid dienone is 1. The summed E-state index contributed by atoms with van der Waals surface area (Å²) in [5.74, 6) is 1.20. The molecule has 0 aliphatic heterocycles. The van der Waals surface area contributed by atoms with Gasteiger partial charge in [0.1, 0.15) is 5.75 Å². The molecule has 4 heteroatoms. The van der Waals surface area contributed by atoms with Crippen LogP contribution in [0.4, 0.5) is 5.69 Å². The van der Waals surface area contributed by atoms with E-state index in [0.717, 1.165) is 12.2 Å². The molecule has 1 aromatic carbocycles. The van der Waals surface area contributed by atoms with Crippen LogP contribution in [0.3, 0.4) is 0 Å². The molecule has 15 heavy (non-hydrogen) atoms. The van der Waals surface area contributed by atoms with E-state index in [1.807, 2.05) is 24.3 Å². The molecule has 0 aliphatic rings. The largest absolute Gasteiger partial charge is 0.495 e. The van der Waals surface area contributed by atoms with Crippen molar-refractivity contribution < 1.29 is 4.74 Å². The Morgan fingerprint density at radius 3 is 2.87 bits per heavy atom. The van der Waals surface area contributed by atoms with Gasteiger partial charge in [-0.1, -0.05) is 23.8 Å². The molecule has 1 rings (SSSR count). The van der Waals surface area contributed by atoms with Gasteiger partial charge in [-0.05, 0) is 12.1 Å². The molecular weight excluding hydrogens is 233 g/mol. The standard InChI is InChI=1S/C11H13Cl2NO/c1-15-11-8-9(4-5-10(11)13)14-7-3-2-6-12/h2-5,8,14H,6-7H2,1H3/b3-2+. The maximum Gasteiger partial charge on any atom is 0.139 e. The highest BCUT2D eigenvalue weighted by Gasteiger charge is 2.00. The molecule has 82 valence electrons. The normalized spacial score (nSPS) is 10.6. The van der Waals surface area contributed by atoms with E-state index in [-0.39, 0.29) is 0 Å². The van der Waals surface area contributed by atoms with Crippen molar-refractivity contribution in [2.45, 2.75) is 0 Å². The number of ether oxygens (including phenoxy) is 1. The minimum absolute atomic E-state index is 0.533. The van der Waals surface area contributed by atoms with Crippen molar-refractivity contribution in [1.29, 1.82) is 0 Å². The average molecular weight is 246 g/mol. The van der Waals surface area contributed by atoms with E-state index in [9.17, 15) is 0 Å². The Kier molecular flexibility index (Phi) is 5.37. The first kappa shape index (κ1) is 12.2. The maximum absolute atomic E-state index is 5.90. The van der Waals surface area contributed by atoms with E-state index < -0.39 is 0 Å². The second kappa shape index (κ2) is 6.59. The summed E-state index contributed by atoms with van der Waals surface area (Å²) < 4.78 is 5.10. The molecule has 0 amide bonds. The van der Waals surface area contributed by atoms with E-state index in [1.165, 1.54) is 0 Å². The summed E-state index contributed by atoms with van der Waals surface area (Å²) in [6.07, 6.45) is 3.86. The summed E-state index contributed by atoms with van der Waals surface area (Å²) in [5.41, 5.74) is 0.968. The van der Waals surface area contributed by atoms with Crippen LogP contribution in [0.5, 0.6) is 5.75 Å². The Morgan fingerprint density at radius 1 is 1.40 bits per heavy atom. The summed E-state index contributed by atoms with van der Waals surface area (Å²) in [6.45, 7) is 0.734. The zero-order chi connectivity index (χ0) is 11.1. The zero-order valence-corrected chi connectivity index (χ0v) is 9.98. The summed E-state index contributed by atoms with van der Waals surface area (Å²) in [6, 6.07) is 5.56. The van der Waals surface area contributed by atoms with Crippen molar-refractivity contribution in [1.82, 2.24) is 0 Å². The number of alkyl halides is 1. The van der Waals surface area contributed by atoms with Crippen molar-refractivity contribution in [3.05, 3.63) is 35.4 Å². The molecule has 0 radical (unpaired) electrons. The first-order valence-corrected chi connectivity index (χ1v) is 5.47. The lowest BCUT2D eigenvalue weighted by Gasteiger charge is -2.07. The summed E-state index contributed by atoms with van der Waals surface area (Å²) >= 11 is 11.4. The molecule has 0 spiro atoms. The third kappa shape index (κ3) is 4.02. The van der Waals surface area contributed by atoms with Crippen LogP contribution in [0, 0.1) is 0 Å². The quantitative estimate of drug-likeness (QED) is 0.633. The fourth-order valence-electron chi connectivity index (χ4n) is 1.09. The van der Waals surface area contributed by atoms with E-state index in [2.05, 4.69) is 5.32 Å². The number of hydrogen-bond acceptors (Lipinski definition) is 2. The molecule has 1 N–H and O–H groups in total. The summed E-state index contributed by atoms with van der Waals surface area (Å²) in [7, 11) is 1.60. The van der Waals surface area contributed by atoms with Gasteiger partial charge in [0.2, 0.25) is 0 Å². The highest BCUT2D eigenvalue weighted by atomic mass is 35.5. The van der Waals surface area contributed by atoms with Gasteiger partial charge in [0.25, 0.3) is 0 Å². The smallest absolute Gasteiger partial charge is 0.139 e. The Hall–Kier alpha value is -0.860. The average Bonchev–Trinajstić information content (AvgIpc) is 2.26. The van der Waals surface area contributed by atoms with Crippen LogP contribution in [-0.2, 0) is 0 Å². The fraction of sp³-hybridized carbons (Fsp3) is 0.273. The van der Waals surface area contributed by atoms with Gasteiger partial charge in [0.15, 0.2) is 0 Å². The topological polar surface area (TPSA) is 21.3 Å². The van der Waals surface area contributed by atoms with Crippen molar-refractivity contribution >= 4 is 28.9 Å². The Labute approximate surface area is 99.8 Å². The van der Waals surface area contributed by atoms with E-state index in [1.54, 1.807) is 13.2 Å². The third-order valence-electron chi connectivity index (χ3n) is 1.83. The van der Waals surface area contributed by atoms with Crippen LogP contribution in [0.2, 0.25) is 5.02 Å². The first-order valence-electron chi connectivity index (χ1n) is 4.56. The lowest BCUT2D eigenvalue weighted by molar-refractivity contribution is 0.415. The van der Waals surface area contributed by atoms with Crippen LogP contribution in [0.1, 0.15) is 0 Å². The lowest BCUT2D eigenvalue weighted by Crippen LogP contribution is -1.98. The van der Waals surface area contributed by atoms with Gasteiger partial charge in [-0.15, -0.1) is 11.6 Å². The van der Waals surface area contributed by atoms with Gasteiger partial charge < -0.3 is 10.1 Å². The van der Waals surface area contributed by atoms with Gasteiger partial charge in [0, 0.05) is 24.2 Å². The molecule has 0 aliphatic carbocycles. The molecule has 2 nitrogen and oxygen atoms in total. The van der Waals surface area contributed by atoms with Gasteiger partial charge in [0.05, 0.1) is 12.1 Å².